The second-order valence-electron chi connectivity index (χ2n) is 3.04. The van der Waals surface area contributed by atoms with Gasteiger partial charge in [0.05, 0.1) is 6.61 Å². The molecule has 0 aliphatic carbocycles. The lowest BCUT2D eigenvalue weighted by Crippen LogP contribution is -2.07. The molecule has 0 aromatic heterocycles. The molecule has 0 spiro atoms. The first-order valence-corrected chi connectivity index (χ1v) is 5.04. The van der Waals surface area contributed by atoms with E-state index in [-0.39, 0.29) is 23.5 Å². The minimum atomic E-state index is -1.06. The minimum absolute atomic E-state index is 0.0254. The third-order valence-corrected chi connectivity index (χ3v) is 1.95. The van der Waals surface area contributed by atoms with Crippen LogP contribution in [0, 0.1) is 0 Å². The Morgan fingerprint density at radius 1 is 1.47 bits per heavy atom. The highest BCUT2D eigenvalue weighted by atomic mass is 19.1. The van der Waals surface area contributed by atoms with Crippen LogP contribution >= 0.6 is 0 Å². The van der Waals surface area contributed by atoms with Crippen molar-refractivity contribution in [2.75, 3.05) is 13.5 Å². The lowest BCUT2D eigenvalue weighted by atomic mass is 10.1. The molecular weight excluding hydrogens is 227 g/mol. The summed E-state index contributed by atoms with van der Waals surface area (Å²) in [5.74, 6) is -0.781. The number of hydrogen-bond donors (Lipinski definition) is 1. The number of aromatic hydroxyl groups is 1. The number of carbonyl (C=O) groups excluding carboxylic acids is 1. The topological polar surface area (TPSA) is 55.8 Å². The van der Waals surface area contributed by atoms with Gasteiger partial charge in [-0.3, -0.25) is 0 Å². The molecule has 0 unspecified atom stereocenters. The highest BCUT2D eigenvalue weighted by Gasteiger charge is 2.16. The molecule has 0 heterocycles. The van der Waals surface area contributed by atoms with Gasteiger partial charge in [-0.25, -0.2) is 9.18 Å². The van der Waals surface area contributed by atoms with Gasteiger partial charge in [0, 0.05) is 5.56 Å². The zero-order chi connectivity index (χ0) is 12.7. The van der Waals surface area contributed by atoms with Crippen LogP contribution in [0.1, 0.15) is 12.5 Å². The van der Waals surface area contributed by atoms with Crippen molar-refractivity contribution in [3.8, 4) is 5.75 Å². The van der Waals surface area contributed by atoms with Crippen LogP contribution in [-0.2, 0) is 14.3 Å². The minimum Gasteiger partial charge on any atom is -0.507 e. The van der Waals surface area contributed by atoms with Crippen molar-refractivity contribution >= 4 is 11.5 Å². The molecule has 0 aliphatic heterocycles. The highest BCUT2D eigenvalue weighted by molar-refractivity contribution is 6.16. The molecule has 0 radical (unpaired) electrons. The van der Waals surface area contributed by atoms with Crippen LogP contribution in [0.15, 0.2) is 30.5 Å². The SMILES string of the molecule is CCOC(=O)/C(=C\OCF)c1ccccc1O. The van der Waals surface area contributed by atoms with Crippen LogP contribution in [0.2, 0.25) is 0 Å². The van der Waals surface area contributed by atoms with Gasteiger partial charge < -0.3 is 14.6 Å². The average Bonchev–Trinajstić information content (AvgIpc) is 2.32. The van der Waals surface area contributed by atoms with Crippen LogP contribution in [0.25, 0.3) is 5.57 Å². The van der Waals surface area contributed by atoms with Crippen LogP contribution in [0.3, 0.4) is 0 Å². The number of phenols is 1. The van der Waals surface area contributed by atoms with Gasteiger partial charge in [-0.15, -0.1) is 0 Å². The predicted molar refractivity (Wildman–Crippen MR) is 59.8 cm³/mol. The van der Waals surface area contributed by atoms with E-state index in [1.54, 1.807) is 19.1 Å². The van der Waals surface area contributed by atoms with Crippen LogP contribution in [-0.4, -0.2) is 24.5 Å². The van der Waals surface area contributed by atoms with E-state index in [9.17, 15) is 14.3 Å². The molecule has 5 heteroatoms. The van der Waals surface area contributed by atoms with Crippen molar-refractivity contribution in [2.24, 2.45) is 0 Å². The summed E-state index contributed by atoms with van der Waals surface area (Å²) in [6.45, 7) is 0.770. The Kier molecular flexibility index (Phi) is 5.00. The Morgan fingerprint density at radius 3 is 2.76 bits per heavy atom. The maximum atomic E-state index is 11.9. The molecule has 1 aromatic carbocycles. The maximum Gasteiger partial charge on any atom is 0.342 e. The van der Waals surface area contributed by atoms with Crippen LogP contribution < -0.4 is 0 Å². The zero-order valence-electron chi connectivity index (χ0n) is 9.35. The number of ether oxygens (including phenoxy) is 2. The average molecular weight is 240 g/mol. The number of alkyl halides is 1. The van der Waals surface area contributed by atoms with E-state index in [1.165, 1.54) is 12.1 Å². The van der Waals surface area contributed by atoms with E-state index >= 15 is 0 Å². The van der Waals surface area contributed by atoms with Gasteiger partial charge in [0.2, 0.25) is 6.86 Å². The Labute approximate surface area is 98.3 Å². The van der Waals surface area contributed by atoms with Crippen molar-refractivity contribution < 1.29 is 23.8 Å². The molecule has 1 rings (SSSR count). The predicted octanol–water partition coefficient (Wildman–Crippen LogP) is 2.24. The van der Waals surface area contributed by atoms with Crippen molar-refractivity contribution in [1.82, 2.24) is 0 Å². The third-order valence-electron chi connectivity index (χ3n) is 1.95. The molecule has 17 heavy (non-hydrogen) atoms. The van der Waals surface area contributed by atoms with E-state index in [4.69, 9.17) is 4.74 Å². The van der Waals surface area contributed by atoms with Gasteiger partial charge in [-0.2, -0.15) is 0 Å². The standard InChI is InChI=1S/C12H13FO4/c1-2-17-12(15)10(7-16-8-13)9-5-3-4-6-11(9)14/h3-7,14H,2,8H2,1H3/b10-7-. The Morgan fingerprint density at radius 2 is 2.18 bits per heavy atom. The first-order chi connectivity index (χ1) is 8.20. The third kappa shape index (κ3) is 3.48. The molecule has 1 aromatic rings. The fourth-order valence-corrected chi connectivity index (χ4v) is 1.25. The second kappa shape index (κ2) is 6.52. The van der Waals surface area contributed by atoms with Gasteiger partial charge in [0.15, 0.2) is 0 Å². The molecule has 1 N–H and O–H groups in total. The van der Waals surface area contributed by atoms with Crippen molar-refractivity contribution in [3.05, 3.63) is 36.1 Å². The number of carbonyl (C=O) groups is 1. The van der Waals surface area contributed by atoms with Gasteiger partial charge >= 0.3 is 5.97 Å². The molecule has 0 saturated carbocycles. The van der Waals surface area contributed by atoms with Gasteiger partial charge in [0.25, 0.3) is 0 Å². The summed E-state index contributed by atoms with van der Waals surface area (Å²) >= 11 is 0. The Balaban J connectivity index is 3.07. The molecule has 92 valence electrons. The van der Waals surface area contributed by atoms with Crippen LogP contribution in [0.4, 0.5) is 4.39 Å². The van der Waals surface area contributed by atoms with E-state index < -0.39 is 12.8 Å². The Bertz CT molecular complexity index is 415. The van der Waals surface area contributed by atoms with Crippen molar-refractivity contribution in [3.63, 3.8) is 0 Å². The number of rotatable bonds is 5. The number of esters is 1. The summed E-state index contributed by atoms with van der Waals surface area (Å²) in [5, 5.41) is 9.60. The zero-order valence-corrected chi connectivity index (χ0v) is 9.35. The molecule has 0 saturated heterocycles. The van der Waals surface area contributed by atoms with Gasteiger partial charge in [-0.1, -0.05) is 18.2 Å². The molecule has 4 nitrogen and oxygen atoms in total. The van der Waals surface area contributed by atoms with E-state index in [0.29, 0.717) is 0 Å². The summed E-state index contributed by atoms with van der Waals surface area (Å²) < 4.78 is 21.2. The summed E-state index contributed by atoms with van der Waals surface area (Å²) in [6, 6.07) is 6.17. The molecule has 0 bridgehead atoms. The summed E-state index contributed by atoms with van der Waals surface area (Å²) in [6.07, 6.45) is 0.938. The lowest BCUT2D eigenvalue weighted by molar-refractivity contribution is -0.136. The molecular formula is C12H13FO4. The fourth-order valence-electron chi connectivity index (χ4n) is 1.25. The Hall–Kier alpha value is -2.04. The first kappa shape index (κ1) is 13.0. The van der Waals surface area contributed by atoms with Gasteiger partial charge in [-0.05, 0) is 13.0 Å². The molecule has 0 fully saturated rings. The van der Waals surface area contributed by atoms with E-state index in [2.05, 4.69) is 4.74 Å². The van der Waals surface area contributed by atoms with E-state index in [1.807, 2.05) is 0 Å². The van der Waals surface area contributed by atoms with Gasteiger partial charge in [0.1, 0.15) is 17.6 Å². The maximum absolute atomic E-state index is 11.9. The number of benzene rings is 1. The monoisotopic (exact) mass is 240 g/mol. The van der Waals surface area contributed by atoms with Crippen molar-refractivity contribution in [1.29, 1.82) is 0 Å². The van der Waals surface area contributed by atoms with Crippen LogP contribution in [0.5, 0.6) is 5.75 Å². The fraction of sp³-hybridized carbons (Fsp3) is 0.250. The highest BCUT2D eigenvalue weighted by Crippen LogP contribution is 2.25. The first-order valence-electron chi connectivity index (χ1n) is 5.04. The quantitative estimate of drug-likeness (QED) is 0.487. The van der Waals surface area contributed by atoms with Crippen molar-refractivity contribution in [2.45, 2.75) is 6.92 Å². The number of halogens is 1. The lowest BCUT2D eigenvalue weighted by Gasteiger charge is -2.08. The normalized spacial score (nSPS) is 11.1. The summed E-state index contributed by atoms with van der Waals surface area (Å²) in [4.78, 5) is 11.6. The smallest absolute Gasteiger partial charge is 0.342 e. The second-order valence-corrected chi connectivity index (χ2v) is 3.04. The largest absolute Gasteiger partial charge is 0.507 e. The molecule has 0 amide bonds. The summed E-state index contributed by atoms with van der Waals surface area (Å²) in [5.41, 5.74) is 0.210. The molecule has 0 aliphatic rings. The van der Waals surface area contributed by atoms with E-state index in [0.717, 1.165) is 6.26 Å². The number of phenolic OH excluding ortho intramolecular Hbond substituents is 1. The number of para-hydroxylation sites is 1. The number of hydrogen-bond acceptors (Lipinski definition) is 4. The summed E-state index contributed by atoms with van der Waals surface area (Å²) in [7, 11) is 0. The molecule has 0 atom stereocenters.